The number of hydrogen-bond acceptors (Lipinski definition) is 6. The Kier molecular flexibility index (Phi) is 5.09. The van der Waals surface area contributed by atoms with E-state index in [-0.39, 0.29) is 17.3 Å². The molecule has 4 rings (SSSR count). The number of fused-ring (bicyclic) bond motifs is 1. The molecule has 27 heavy (non-hydrogen) atoms. The van der Waals surface area contributed by atoms with Crippen molar-refractivity contribution in [2.75, 3.05) is 39.5 Å². The molecule has 0 unspecified atom stereocenters. The van der Waals surface area contributed by atoms with Crippen LogP contribution in [0.5, 0.6) is 17.2 Å². The number of phenols is 1. The minimum Gasteiger partial charge on any atom is -0.508 e. The number of Topliss-reactive ketones (excluding diaryl/α,β-unsaturated/α-hetero) is 1. The van der Waals surface area contributed by atoms with Gasteiger partial charge in [0, 0.05) is 25.7 Å². The van der Waals surface area contributed by atoms with E-state index < -0.39 is 0 Å². The number of phenolic OH excluding ortho intramolecular Hbond substituents is 1. The first kappa shape index (κ1) is 17.6. The van der Waals surface area contributed by atoms with Gasteiger partial charge in [-0.15, -0.1) is 0 Å². The summed E-state index contributed by atoms with van der Waals surface area (Å²) in [6, 6.07) is 11.9. The van der Waals surface area contributed by atoms with Gasteiger partial charge in [0.25, 0.3) is 0 Å². The predicted molar refractivity (Wildman–Crippen MR) is 100 cm³/mol. The first-order valence-corrected chi connectivity index (χ1v) is 8.99. The molecule has 0 spiro atoms. The van der Waals surface area contributed by atoms with Crippen molar-refractivity contribution in [3.8, 4) is 17.2 Å². The van der Waals surface area contributed by atoms with E-state index in [4.69, 9.17) is 14.2 Å². The number of carbonyl (C=O) groups is 1. The lowest BCUT2D eigenvalue weighted by Crippen LogP contribution is -2.38. The highest BCUT2D eigenvalue weighted by Gasteiger charge is 2.27. The van der Waals surface area contributed by atoms with Gasteiger partial charge >= 0.3 is 0 Å². The summed E-state index contributed by atoms with van der Waals surface area (Å²) in [5.74, 6) is 1.48. The molecule has 0 saturated carbocycles. The average molecular weight is 367 g/mol. The molecule has 2 heterocycles. The second-order valence-corrected chi connectivity index (χ2v) is 6.49. The molecule has 6 nitrogen and oxygen atoms in total. The zero-order chi connectivity index (χ0) is 18.6. The van der Waals surface area contributed by atoms with Crippen molar-refractivity contribution in [3.63, 3.8) is 0 Å². The van der Waals surface area contributed by atoms with E-state index in [1.54, 1.807) is 48.5 Å². The van der Waals surface area contributed by atoms with Crippen LogP contribution in [0, 0.1) is 0 Å². The second kappa shape index (κ2) is 7.82. The highest BCUT2D eigenvalue weighted by Crippen LogP contribution is 2.35. The molecule has 1 N–H and O–H groups in total. The van der Waals surface area contributed by atoms with Crippen molar-refractivity contribution < 1.29 is 24.1 Å². The summed E-state index contributed by atoms with van der Waals surface area (Å²) >= 11 is 0. The largest absolute Gasteiger partial charge is 0.508 e. The summed E-state index contributed by atoms with van der Waals surface area (Å²) in [7, 11) is 0. The van der Waals surface area contributed by atoms with E-state index in [9.17, 15) is 9.90 Å². The first-order valence-electron chi connectivity index (χ1n) is 8.99. The molecule has 2 aromatic rings. The molecule has 1 fully saturated rings. The van der Waals surface area contributed by atoms with E-state index in [2.05, 4.69) is 4.90 Å². The van der Waals surface area contributed by atoms with Crippen LogP contribution in [0.15, 0.2) is 48.2 Å². The highest BCUT2D eigenvalue weighted by atomic mass is 16.5. The smallest absolute Gasteiger partial charge is 0.231 e. The Bertz CT molecular complexity index is 853. The van der Waals surface area contributed by atoms with Crippen LogP contribution >= 0.6 is 0 Å². The standard InChI is InChI=1S/C21H21NO5/c23-16-3-1-15(2-4-16)13-20-21(24)18-6-5-17(14-19(18)27-20)26-12-9-22-7-10-25-11-8-22/h1-6,13-14,23H,7-12H2/b20-13+. The fourth-order valence-corrected chi connectivity index (χ4v) is 3.10. The molecular weight excluding hydrogens is 346 g/mol. The summed E-state index contributed by atoms with van der Waals surface area (Å²) in [5.41, 5.74) is 1.31. The SMILES string of the molecule is O=C1/C(=C\c2ccc(O)cc2)Oc2cc(OCCN3CCOCC3)ccc21. The van der Waals surface area contributed by atoms with E-state index in [0.29, 0.717) is 23.7 Å². The van der Waals surface area contributed by atoms with E-state index in [1.165, 1.54) is 0 Å². The van der Waals surface area contributed by atoms with Crippen molar-refractivity contribution >= 4 is 11.9 Å². The molecule has 2 aliphatic rings. The van der Waals surface area contributed by atoms with Crippen molar-refractivity contribution in [1.29, 1.82) is 0 Å². The lowest BCUT2D eigenvalue weighted by molar-refractivity contribution is 0.0322. The van der Waals surface area contributed by atoms with Crippen LogP contribution in [-0.4, -0.2) is 55.2 Å². The molecule has 0 bridgehead atoms. The molecule has 2 aliphatic heterocycles. The van der Waals surface area contributed by atoms with Gasteiger partial charge in [-0.2, -0.15) is 0 Å². The van der Waals surface area contributed by atoms with Gasteiger partial charge < -0.3 is 19.3 Å². The Labute approximate surface area is 157 Å². The van der Waals surface area contributed by atoms with Crippen LogP contribution < -0.4 is 9.47 Å². The number of aromatic hydroxyl groups is 1. The zero-order valence-corrected chi connectivity index (χ0v) is 14.9. The number of benzene rings is 2. The molecule has 0 radical (unpaired) electrons. The summed E-state index contributed by atoms with van der Waals surface area (Å²) in [5, 5.41) is 9.35. The molecule has 0 amide bonds. The van der Waals surface area contributed by atoms with Crippen LogP contribution in [0.1, 0.15) is 15.9 Å². The maximum atomic E-state index is 12.5. The third-order valence-corrected chi connectivity index (χ3v) is 4.61. The fourth-order valence-electron chi connectivity index (χ4n) is 3.10. The number of ketones is 1. The molecule has 6 heteroatoms. The van der Waals surface area contributed by atoms with Crippen LogP contribution in [0.3, 0.4) is 0 Å². The van der Waals surface area contributed by atoms with Crippen molar-refractivity contribution in [2.45, 2.75) is 0 Å². The third-order valence-electron chi connectivity index (χ3n) is 4.61. The van der Waals surface area contributed by atoms with Gasteiger partial charge in [-0.3, -0.25) is 9.69 Å². The Morgan fingerprint density at radius 1 is 1.11 bits per heavy atom. The predicted octanol–water partition coefficient (Wildman–Crippen LogP) is 2.72. The number of carbonyl (C=O) groups excluding carboxylic acids is 1. The summed E-state index contributed by atoms with van der Waals surface area (Å²) < 4.78 is 16.9. The molecular formula is C21H21NO5. The molecule has 0 aliphatic carbocycles. The lowest BCUT2D eigenvalue weighted by Gasteiger charge is -2.26. The molecule has 1 saturated heterocycles. The minimum absolute atomic E-state index is 0.155. The van der Waals surface area contributed by atoms with Crippen LogP contribution in [0.4, 0.5) is 0 Å². The maximum absolute atomic E-state index is 12.5. The van der Waals surface area contributed by atoms with E-state index in [0.717, 1.165) is 38.4 Å². The molecule has 140 valence electrons. The summed E-state index contributed by atoms with van der Waals surface area (Å²) in [6.45, 7) is 4.80. The van der Waals surface area contributed by atoms with Crippen LogP contribution in [0.25, 0.3) is 6.08 Å². The fraction of sp³-hybridized carbons (Fsp3) is 0.286. The molecule has 0 aromatic heterocycles. The normalized spacial score (nSPS) is 18.4. The number of rotatable bonds is 5. The monoisotopic (exact) mass is 367 g/mol. The average Bonchev–Trinajstić information content (AvgIpc) is 2.99. The Morgan fingerprint density at radius 3 is 2.67 bits per heavy atom. The third kappa shape index (κ3) is 4.13. The van der Waals surface area contributed by atoms with E-state index in [1.807, 2.05) is 0 Å². The van der Waals surface area contributed by atoms with Crippen molar-refractivity contribution in [3.05, 3.63) is 59.4 Å². The number of nitrogens with zero attached hydrogens (tertiary/aromatic N) is 1. The molecule has 0 atom stereocenters. The highest BCUT2D eigenvalue weighted by molar-refractivity contribution is 6.14. The van der Waals surface area contributed by atoms with Crippen LogP contribution in [-0.2, 0) is 4.74 Å². The topological polar surface area (TPSA) is 68.2 Å². The Hall–Kier alpha value is -2.83. The van der Waals surface area contributed by atoms with Crippen molar-refractivity contribution in [2.24, 2.45) is 0 Å². The van der Waals surface area contributed by atoms with Gasteiger partial charge in [-0.05, 0) is 35.9 Å². The van der Waals surface area contributed by atoms with Gasteiger partial charge in [0.05, 0.1) is 18.8 Å². The van der Waals surface area contributed by atoms with Gasteiger partial charge in [0.2, 0.25) is 5.78 Å². The Morgan fingerprint density at radius 2 is 1.89 bits per heavy atom. The lowest BCUT2D eigenvalue weighted by atomic mass is 10.1. The summed E-state index contributed by atoms with van der Waals surface area (Å²) in [4.78, 5) is 14.8. The Balaban J connectivity index is 1.40. The van der Waals surface area contributed by atoms with Crippen molar-refractivity contribution in [1.82, 2.24) is 4.90 Å². The number of allylic oxidation sites excluding steroid dienone is 1. The molecule has 2 aromatic carbocycles. The van der Waals surface area contributed by atoms with Gasteiger partial charge in [0.15, 0.2) is 5.76 Å². The quantitative estimate of drug-likeness (QED) is 0.820. The summed E-state index contributed by atoms with van der Waals surface area (Å²) in [6.07, 6.45) is 1.67. The van der Waals surface area contributed by atoms with Gasteiger partial charge in [0.1, 0.15) is 23.9 Å². The van der Waals surface area contributed by atoms with Gasteiger partial charge in [-0.25, -0.2) is 0 Å². The number of hydrogen-bond donors (Lipinski definition) is 1. The van der Waals surface area contributed by atoms with Crippen LogP contribution in [0.2, 0.25) is 0 Å². The number of morpholine rings is 1. The second-order valence-electron chi connectivity index (χ2n) is 6.49. The maximum Gasteiger partial charge on any atom is 0.231 e. The minimum atomic E-state index is -0.155. The number of ether oxygens (including phenoxy) is 3. The first-order chi connectivity index (χ1) is 13.2. The zero-order valence-electron chi connectivity index (χ0n) is 14.9. The van der Waals surface area contributed by atoms with Gasteiger partial charge in [-0.1, -0.05) is 12.1 Å². The van der Waals surface area contributed by atoms with E-state index >= 15 is 0 Å².